The van der Waals surface area contributed by atoms with Gasteiger partial charge in [0.05, 0.1) is 19.8 Å². The molecule has 0 saturated heterocycles. The van der Waals surface area contributed by atoms with Crippen molar-refractivity contribution >= 4 is 5.91 Å². The summed E-state index contributed by atoms with van der Waals surface area (Å²) in [6, 6.07) is 14.3. The van der Waals surface area contributed by atoms with Crippen LogP contribution in [0.25, 0.3) is 0 Å². The van der Waals surface area contributed by atoms with Gasteiger partial charge in [0, 0.05) is 25.2 Å². The van der Waals surface area contributed by atoms with Gasteiger partial charge in [-0.15, -0.1) is 0 Å². The van der Waals surface area contributed by atoms with E-state index in [1.165, 1.54) is 0 Å². The first kappa shape index (κ1) is 18.1. The highest BCUT2D eigenvalue weighted by atomic mass is 16.5. The monoisotopic (exact) mass is 340 g/mol. The lowest BCUT2D eigenvalue weighted by Crippen LogP contribution is -2.31. The summed E-state index contributed by atoms with van der Waals surface area (Å²) in [5, 5.41) is 9.04. The number of hydrogen-bond acceptors (Lipinski definition) is 5. The van der Waals surface area contributed by atoms with Crippen molar-refractivity contribution in [2.45, 2.75) is 6.54 Å². The first-order chi connectivity index (χ1) is 12.1. The SMILES string of the molecule is COc1ccc(CN(C)C(=O)COc2ccccc2C#N)c(OC)c1. The molecule has 0 atom stereocenters. The molecule has 0 fully saturated rings. The van der Waals surface area contributed by atoms with Crippen LogP contribution in [0.3, 0.4) is 0 Å². The number of para-hydroxylation sites is 1. The minimum atomic E-state index is -0.203. The van der Waals surface area contributed by atoms with E-state index in [1.54, 1.807) is 56.5 Å². The second-order valence-corrected chi connectivity index (χ2v) is 5.32. The fourth-order valence-electron chi connectivity index (χ4n) is 2.26. The van der Waals surface area contributed by atoms with Gasteiger partial charge in [0.1, 0.15) is 23.3 Å². The lowest BCUT2D eigenvalue weighted by Gasteiger charge is -2.19. The van der Waals surface area contributed by atoms with Crippen LogP contribution in [-0.2, 0) is 11.3 Å². The lowest BCUT2D eigenvalue weighted by atomic mass is 10.2. The molecule has 6 nitrogen and oxygen atoms in total. The molecular weight excluding hydrogens is 320 g/mol. The molecule has 25 heavy (non-hydrogen) atoms. The van der Waals surface area contributed by atoms with Crippen LogP contribution in [0.15, 0.2) is 42.5 Å². The summed E-state index contributed by atoms with van der Waals surface area (Å²) in [4.78, 5) is 13.8. The third-order valence-electron chi connectivity index (χ3n) is 3.69. The van der Waals surface area contributed by atoms with Crippen molar-refractivity contribution in [3.05, 3.63) is 53.6 Å². The van der Waals surface area contributed by atoms with E-state index in [1.807, 2.05) is 18.2 Å². The standard InChI is InChI=1S/C19H20N2O4/c1-21(12-15-8-9-16(23-2)10-18(15)24-3)19(22)13-25-17-7-5-4-6-14(17)11-20/h4-10H,12-13H2,1-3H3. The van der Waals surface area contributed by atoms with Gasteiger partial charge in [0.15, 0.2) is 6.61 Å². The molecule has 0 aliphatic heterocycles. The highest BCUT2D eigenvalue weighted by Gasteiger charge is 2.14. The topological polar surface area (TPSA) is 71.8 Å². The zero-order chi connectivity index (χ0) is 18.2. The van der Waals surface area contributed by atoms with Gasteiger partial charge in [-0.25, -0.2) is 0 Å². The van der Waals surface area contributed by atoms with Crippen LogP contribution in [0.5, 0.6) is 17.2 Å². The van der Waals surface area contributed by atoms with Crippen LogP contribution in [0.1, 0.15) is 11.1 Å². The first-order valence-electron chi connectivity index (χ1n) is 7.65. The fourth-order valence-corrected chi connectivity index (χ4v) is 2.26. The molecule has 0 unspecified atom stereocenters. The number of carbonyl (C=O) groups is 1. The Bertz CT molecular complexity index is 783. The van der Waals surface area contributed by atoms with Crippen molar-refractivity contribution < 1.29 is 19.0 Å². The van der Waals surface area contributed by atoms with Crippen molar-refractivity contribution in [1.29, 1.82) is 5.26 Å². The number of nitriles is 1. The van der Waals surface area contributed by atoms with E-state index < -0.39 is 0 Å². The van der Waals surface area contributed by atoms with E-state index in [9.17, 15) is 4.79 Å². The minimum Gasteiger partial charge on any atom is -0.497 e. The number of nitrogens with zero attached hydrogens (tertiary/aromatic N) is 2. The molecule has 0 heterocycles. The summed E-state index contributed by atoms with van der Waals surface area (Å²) in [6.45, 7) is 0.225. The summed E-state index contributed by atoms with van der Waals surface area (Å²) in [5.41, 5.74) is 1.26. The number of amides is 1. The molecule has 0 bridgehead atoms. The van der Waals surface area contributed by atoms with Gasteiger partial charge in [-0.2, -0.15) is 5.26 Å². The highest BCUT2D eigenvalue weighted by Crippen LogP contribution is 2.25. The molecule has 1 amide bonds. The van der Waals surface area contributed by atoms with Gasteiger partial charge in [-0.3, -0.25) is 4.79 Å². The molecule has 2 rings (SSSR count). The van der Waals surface area contributed by atoms with Gasteiger partial charge in [0.25, 0.3) is 5.91 Å². The number of carbonyl (C=O) groups excluding carboxylic acids is 1. The van der Waals surface area contributed by atoms with E-state index in [-0.39, 0.29) is 12.5 Å². The Morgan fingerprint density at radius 2 is 1.88 bits per heavy atom. The molecule has 0 aliphatic carbocycles. The van der Waals surface area contributed by atoms with Gasteiger partial charge in [0.2, 0.25) is 0 Å². The molecule has 0 N–H and O–H groups in total. The maximum atomic E-state index is 12.3. The maximum Gasteiger partial charge on any atom is 0.260 e. The smallest absolute Gasteiger partial charge is 0.260 e. The van der Waals surface area contributed by atoms with E-state index in [0.29, 0.717) is 29.4 Å². The van der Waals surface area contributed by atoms with Crippen LogP contribution >= 0.6 is 0 Å². The first-order valence-corrected chi connectivity index (χ1v) is 7.65. The summed E-state index contributed by atoms with van der Waals surface area (Å²) < 4.78 is 16.0. The summed E-state index contributed by atoms with van der Waals surface area (Å²) >= 11 is 0. The van der Waals surface area contributed by atoms with E-state index >= 15 is 0 Å². The summed E-state index contributed by atoms with van der Waals surface area (Å²) in [6.07, 6.45) is 0. The highest BCUT2D eigenvalue weighted by molar-refractivity contribution is 5.77. The molecule has 0 aromatic heterocycles. The molecular formula is C19H20N2O4. The van der Waals surface area contributed by atoms with E-state index in [4.69, 9.17) is 19.5 Å². The number of ether oxygens (including phenoxy) is 3. The molecule has 0 spiro atoms. The lowest BCUT2D eigenvalue weighted by molar-refractivity contribution is -0.132. The van der Waals surface area contributed by atoms with Gasteiger partial charge < -0.3 is 19.1 Å². The molecule has 0 radical (unpaired) electrons. The molecule has 2 aromatic rings. The Hall–Kier alpha value is -3.20. The number of rotatable bonds is 7. The zero-order valence-electron chi connectivity index (χ0n) is 14.5. The maximum absolute atomic E-state index is 12.3. The Labute approximate surface area is 147 Å². The van der Waals surface area contributed by atoms with E-state index in [0.717, 1.165) is 5.56 Å². The normalized spacial score (nSPS) is 9.84. The molecule has 6 heteroatoms. The molecule has 2 aromatic carbocycles. The van der Waals surface area contributed by atoms with Crippen molar-refractivity contribution in [3.8, 4) is 23.3 Å². The van der Waals surface area contributed by atoms with Crippen LogP contribution in [0.4, 0.5) is 0 Å². The van der Waals surface area contributed by atoms with Crippen molar-refractivity contribution in [2.24, 2.45) is 0 Å². The van der Waals surface area contributed by atoms with Crippen LogP contribution in [-0.4, -0.2) is 38.7 Å². The number of methoxy groups -OCH3 is 2. The van der Waals surface area contributed by atoms with Crippen LogP contribution < -0.4 is 14.2 Å². The minimum absolute atomic E-state index is 0.145. The van der Waals surface area contributed by atoms with Gasteiger partial charge in [-0.05, 0) is 24.3 Å². The number of likely N-dealkylation sites (N-methyl/N-ethyl adjacent to an activating group) is 1. The number of hydrogen-bond donors (Lipinski definition) is 0. The quantitative estimate of drug-likeness (QED) is 0.775. The molecule has 0 aliphatic rings. The Balaban J connectivity index is 2.00. The second kappa shape index (κ2) is 8.60. The Kier molecular flexibility index (Phi) is 6.24. The van der Waals surface area contributed by atoms with Crippen LogP contribution in [0.2, 0.25) is 0 Å². The van der Waals surface area contributed by atoms with Crippen molar-refractivity contribution in [1.82, 2.24) is 4.90 Å². The van der Waals surface area contributed by atoms with E-state index in [2.05, 4.69) is 0 Å². The average molecular weight is 340 g/mol. The third-order valence-corrected chi connectivity index (χ3v) is 3.69. The van der Waals surface area contributed by atoms with Crippen molar-refractivity contribution in [3.63, 3.8) is 0 Å². The predicted molar refractivity (Wildman–Crippen MR) is 92.7 cm³/mol. The summed E-state index contributed by atoms with van der Waals surface area (Å²) in [7, 11) is 4.84. The zero-order valence-corrected chi connectivity index (χ0v) is 14.5. The molecule has 0 saturated carbocycles. The Morgan fingerprint density at radius 1 is 1.12 bits per heavy atom. The fraction of sp³-hybridized carbons (Fsp3) is 0.263. The van der Waals surface area contributed by atoms with Crippen molar-refractivity contribution in [2.75, 3.05) is 27.9 Å². The van der Waals surface area contributed by atoms with Crippen LogP contribution in [0, 0.1) is 11.3 Å². The van der Waals surface area contributed by atoms with Gasteiger partial charge >= 0.3 is 0 Å². The third kappa shape index (κ3) is 4.64. The predicted octanol–water partition coefficient (Wildman–Crippen LogP) is 2.61. The molecule has 130 valence electrons. The largest absolute Gasteiger partial charge is 0.497 e. The number of benzene rings is 2. The summed E-state index contributed by atoms with van der Waals surface area (Å²) in [5.74, 6) is 1.53. The Morgan fingerprint density at radius 3 is 2.56 bits per heavy atom. The van der Waals surface area contributed by atoms with Gasteiger partial charge in [-0.1, -0.05) is 12.1 Å². The average Bonchev–Trinajstić information content (AvgIpc) is 2.66. The second-order valence-electron chi connectivity index (χ2n) is 5.32.